The number of fused-ring (bicyclic) bond motifs is 1. The lowest BCUT2D eigenvalue weighted by molar-refractivity contribution is -0.121. The second-order valence-electron chi connectivity index (χ2n) is 6.10. The van der Waals surface area contributed by atoms with Gasteiger partial charge < -0.3 is 10.3 Å². The van der Waals surface area contributed by atoms with E-state index in [1.807, 2.05) is 30.3 Å². The number of carbonyl (C=O) groups excluding carboxylic acids is 1. The number of rotatable bonds is 8. The number of amides is 1. The van der Waals surface area contributed by atoms with Crippen molar-refractivity contribution in [3.05, 3.63) is 68.6 Å². The number of thiophene rings is 1. The number of hydrogen-bond acceptors (Lipinski definition) is 3. The number of para-hydroxylation sites is 1. The van der Waals surface area contributed by atoms with Gasteiger partial charge in [0.25, 0.3) is 5.56 Å². The highest BCUT2D eigenvalue weighted by atomic mass is 32.1. The summed E-state index contributed by atoms with van der Waals surface area (Å²) in [6.45, 7) is 0.491. The lowest BCUT2D eigenvalue weighted by Crippen LogP contribution is -2.27. The standard InChI is InChI=1S/C20H22N2O2S/c23-19(10-4-2-7-17-8-5-13-25-17)21-12-11-16-14-15-6-1-3-9-18(15)22-20(16)24/h1,3,5-6,8-9,13-14H,2,4,7,10-12H2,(H,21,23)(H,22,24). The zero-order valence-corrected chi connectivity index (χ0v) is 14.9. The smallest absolute Gasteiger partial charge is 0.251 e. The van der Waals surface area contributed by atoms with Crippen LogP contribution in [0.5, 0.6) is 0 Å². The summed E-state index contributed by atoms with van der Waals surface area (Å²) >= 11 is 1.76. The molecule has 4 nitrogen and oxygen atoms in total. The van der Waals surface area contributed by atoms with Gasteiger partial charge >= 0.3 is 0 Å². The number of unbranched alkanes of at least 4 members (excludes halogenated alkanes) is 1. The van der Waals surface area contributed by atoms with Crippen molar-refractivity contribution in [3.63, 3.8) is 0 Å². The first-order valence-corrected chi connectivity index (χ1v) is 9.50. The third-order valence-electron chi connectivity index (χ3n) is 4.20. The second-order valence-corrected chi connectivity index (χ2v) is 7.13. The third kappa shape index (κ3) is 5.03. The van der Waals surface area contributed by atoms with Crippen LogP contribution in [0, 0.1) is 0 Å². The summed E-state index contributed by atoms with van der Waals surface area (Å²) in [6.07, 6.45) is 4.04. The molecule has 0 radical (unpaired) electrons. The largest absolute Gasteiger partial charge is 0.356 e. The average Bonchev–Trinajstić information content (AvgIpc) is 3.12. The minimum Gasteiger partial charge on any atom is -0.356 e. The SMILES string of the molecule is O=C(CCCCc1cccs1)NCCc1cc2ccccc2[nH]c1=O. The highest BCUT2D eigenvalue weighted by Gasteiger charge is 2.05. The fraction of sp³-hybridized carbons (Fsp3) is 0.300. The van der Waals surface area contributed by atoms with E-state index < -0.39 is 0 Å². The molecule has 0 aliphatic heterocycles. The molecule has 0 saturated carbocycles. The topological polar surface area (TPSA) is 62.0 Å². The van der Waals surface area contributed by atoms with Gasteiger partial charge in [-0.2, -0.15) is 0 Å². The molecule has 3 aromatic rings. The number of aryl methyl sites for hydroxylation is 1. The number of benzene rings is 1. The van der Waals surface area contributed by atoms with Gasteiger partial charge in [0, 0.05) is 28.9 Å². The minimum atomic E-state index is -0.0797. The van der Waals surface area contributed by atoms with E-state index in [2.05, 4.69) is 27.8 Å². The van der Waals surface area contributed by atoms with Crippen molar-refractivity contribution in [3.8, 4) is 0 Å². The summed E-state index contributed by atoms with van der Waals surface area (Å²) in [5, 5.41) is 6.00. The first kappa shape index (κ1) is 17.4. The molecule has 0 bridgehead atoms. The third-order valence-corrected chi connectivity index (χ3v) is 5.14. The van der Waals surface area contributed by atoms with Crippen LogP contribution in [-0.2, 0) is 17.6 Å². The Morgan fingerprint density at radius 3 is 2.80 bits per heavy atom. The Bertz CT molecular complexity index is 884. The first-order valence-electron chi connectivity index (χ1n) is 8.62. The van der Waals surface area contributed by atoms with E-state index in [1.54, 1.807) is 11.3 Å². The molecular formula is C20H22N2O2S. The van der Waals surface area contributed by atoms with Crippen molar-refractivity contribution < 1.29 is 4.79 Å². The van der Waals surface area contributed by atoms with Crippen LogP contribution in [0.4, 0.5) is 0 Å². The molecule has 5 heteroatoms. The highest BCUT2D eigenvalue weighted by molar-refractivity contribution is 7.09. The first-order chi connectivity index (χ1) is 12.2. The van der Waals surface area contributed by atoms with Gasteiger partial charge in [0.1, 0.15) is 0 Å². The van der Waals surface area contributed by atoms with Gasteiger partial charge in [-0.05, 0) is 54.6 Å². The molecule has 0 aliphatic rings. The predicted molar refractivity (Wildman–Crippen MR) is 103 cm³/mol. The maximum atomic E-state index is 12.1. The Morgan fingerprint density at radius 2 is 1.96 bits per heavy atom. The Kier molecular flexibility index (Phi) is 6.01. The summed E-state index contributed by atoms with van der Waals surface area (Å²) in [5.41, 5.74) is 1.46. The summed E-state index contributed by atoms with van der Waals surface area (Å²) in [4.78, 5) is 28.2. The zero-order chi connectivity index (χ0) is 17.5. The number of nitrogens with one attached hydrogen (secondary N) is 2. The van der Waals surface area contributed by atoms with Crippen molar-refractivity contribution in [2.75, 3.05) is 6.54 Å². The Labute approximate surface area is 150 Å². The number of carbonyl (C=O) groups is 1. The van der Waals surface area contributed by atoms with Crippen molar-refractivity contribution in [1.82, 2.24) is 10.3 Å². The van der Waals surface area contributed by atoms with E-state index in [-0.39, 0.29) is 11.5 Å². The lowest BCUT2D eigenvalue weighted by Gasteiger charge is -2.06. The van der Waals surface area contributed by atoms with Crippen LogP contribution in [-0.4, -0.2) is 17.4 Å². The summed E-state index contributed by atoms with van der Waals surface area (Å²) in [7, 11) is 0. The van der Waals surface area contributed by atoms with Gasteiger partial charge in [-0.15, -0.1) is 11.3 Å². The molecule has 0 spiro atoms. The molecule has 0 aliphatic carbocycles. The second kappa shape index (κ2) is 8.62. The van der Waals surface area contributed by atoms with Gasteiger partial charge in [-0.3, -0.25) is 9.59 Å². The van der Waals surface area contributed by atoms with E-state index in [1.165, 1.54) is 4.88 Å². The number of aromatic amines is 1. The van der Waals surface area contributed by atoms with Crippen LogP contribution in [0.3, 0.4) is 0 Å². The highest BCUT2D eigenvalue weighted by Crippen LogP contribution is 2.13. The summed E-state index contributed by atoms with van der Waals surface area (Å²) in [6, 6.07) is 13.8. The molecule has 2 heterocycles. The molecule has 3 rings (SSSR count). The Balaban J connectivity index is 1.41. The number of hydrogen-bond donors (Lipinski definition) is 2. The molecule has 0 fully saturated rings. The van der Waals surface area contributed by atoms with Crippen LogP contribution >= 0.6 is 11.3 Å². The maximum absolute atomic E-state index is 12.1. The monoisotopic (exact) mass is 354 g/mol. The molecule has 2 N–H and O–H groups in total. The van der Waals surface area contributed by atoms with Crippen molar-refractivity contribution in [1.29, 1.82) is 0 Å². The van der Waals surface area contributed by atoms with E-state index >= 15 is 0 Å². The van der Waals surface area contributed by atoms with Crippen LogP contribution in [0.15, 0.2) is 52.6 Å². The molecule has 130 valence electrons. The van der Waals surface area contributed by atoms with Gasteiger partial charge in [-0.1, -0.05) is 24.3 Å². The molecule has 0 unspecified atom stereocenters. The normalized spacial score (nSPS) is 10.9. The van der Waals surface area contributed by atoms with E-state index in [0.29, 0.717) is 24.9 Å². The molecular weight excluding hydrogens is 332 g/mol. The maximum Gasteiger partial charge on any atom is 0.251 e. The minimum absolute atomic E-state index is 0.0587. The molecule has 0 atom stereocenters. The van der Waals surface area contributed by atoms with E-state index in [4.69, 9.17) is 0 Å². The van der Waals surface area contributed by atoms with Crippen LogP contribution in [0.2, 0.25) is 0 Å². The fourth-order valence-corrected chi connectivity index (χ4v) is 3.59. The average molecular weight is 354 g/mol. The molecule has 2 aromatic heterocycles. The quantitative estimate of drug-likeness (QED) is 0.607. The predicted octanol–water partition coefficient (Wildman–Crippen LogP) is 3.66. The Hall–Kier alpha value is -2.40. The van der Waals surface area contributed by atoms with Crippen LogP contribution in [0.1, 0.15) is 29.7 Å². The lowest BCUT2D eigenvalue weighted by atomic mass is 10.1. The number of pyridine rings is 1. The van der Waals surface area contributed by atoms with Gasteiger partial charge in [0.2, 0.25) is 5.91 Å². The van der Waals surface area contributed by atoms with Crippen LogP contribution < -0.4 is 10.9 Å². The molecule has 0 saturated heterocycles. The van der Waals surface area contributed by atoms with Crippen molar-refractivity contribution in [2.24, 2.45) is 0 Å². The summed E-state index contributed by atoms with van der Waals surface area (Å²) < 4.78 is 0. The Morgan fingerprint density at radius 1 is 1.08 bits per heavy atom. The van der Waals surface area contributed by atoms with Crippen LogP contribution in [0.25, 0.3) is 10.9 Å². The van der Waals surface area contributed by atoms with Crippen molar-refractivity contribution in [2.45, 2.75) is 32.1 Å². The number of aromatic nitrogens is 1. The molecule has 1 aromatic carbocycles. The zero-order valence-electron chi connectivity index (χ0n) is 14.1. The number of H-pyrrole nitrogens is 1. The molecule has 1 amide bonds. The van der Waals surface area contributed by atoms with Gasteiger partial charge in [0.05, 0.1) is 0 Å². The van der Waals surface area contributed by atoms with Gasteiger partial charge in [-0.25, -0.2) is 0 Å². The van der Waals surface area contributed by atoms with E-state index in [0.717, 1.165) is 30.2 Å². The van der Waals surface area contributed by atoms with E-state index in [9.17, 15) is 9.59 Å². The van der Waals surface area contributed by atoms with Gasteiger partial charge in [0.15, 0.2) is 0 Å². The summed E-state index contributed by atoms with van der Waals surface area (Å²) in [5.74, 6) is 0.0587. The molecule has 25 heavy (non-hydrogen) atoms. The fourth-order valence-electron chi connectivity index (χ4n) is 2.84. The van der Waals surface area contributed by atoms with Crippen molar-refractivity contribution >= 4 is 28.1 Å².